The molecule has 0 saturated carbocycles. The number of carboxylic acid groups (broad SMARTS) is 2. The third kappa shape index (κ3) is 6.16. The highest BCUT2D eigenvalue weighted by Gasteiger charge is 2.21. The molecule has 1 fully saturated rings. The van der Waals surface area contributed by atoms with Crippen LogP contribution < -0.4 is 0 Å². The predicted octanol–water partition coefficient (Wildman–Crippen LogP) is -1.29. The van der Waals surface area contributed by atoms with Gasteiger partial charge in [-0.3, -0.25) is 19.3 Å². The van der Waals surface area contributed by atoms with Crippen molar-refractivity contribution in [3.63, 3.8) is 0 Å². The Kier molecular flexibility index (Phi) is 6.23. The van der Waals surface area contributed by atoms with E-state index < -0.39 is 11.9 Å². The normalized spacial score (nSPS) is 15.5. The second-order valence-corrected chi connectivity index (χ2v) is 4.24. The number of hydrogen-bond donors (Lipinski definition) is 2. The molecule has 0 aromatic rings. The number of ether oxygens (including phenoxy) is 1. The molecule has 0 aromatic heterocycles. The maximum absolute atomic E-state index is 11.9. The molecule has 0 unspecified atom stereocenters. The molecule has 0 bridgehead atoms. The quantitative estimate of drug-likeness (QED) is 0.594. The molecule has 2 N–H and O–H groups in total. The number of carboxylic acids is 2. The Morgan fingerprint density at radius 2 is 1.68 bits per heavy atom. The highest BCUT2D eigenvalue weighted by Crippen LogP contribution is 2.00. The van der Waals surface area contributed by atoms with E-state index in [-0.39, 0.29) is 32.0 Å². The number of amides is 1. The van der Waals surface area contributed by atoms with Gasteiger partial charge in [-0.15, -0.1) is 0 Å². The van der Waals surface area contributed by atoms with Crippen LogP contribution in [-0.4, -0.2) is 83.8 Å². The summed E-state index contributed by atoms with van der Waals surface area (Å²) in [5, 5.41) is 17.3. The molecule has 8 heteroatoms. The van der Waals surface area contributed by atoms with E-state index >= 15 is 0 Å². The van der Waals surface area contributed by atoms with Crippen LogP contribution in [0.3, 0.4) is 0 Å². The smallest absolute Gasteiger partial charge is 0.317 e. The van der Waals surface area contributed by atoms with Crippen molar-refractivity contribution in [2.24, 2.45) is 0 Å². The van der Waals surface area contributed by atoms with Crippen molar-refractivity contribution in [2.45, 2.75) is 6.42 Å². The summed E-state index contributed by atoms with van der Waals surface area (Å²) in [6, 6.07) is 0. The van der Waals surface area contributed by atoms with Gasteiger partial charge in [-0.2, -0.15) is 0 Å². The van der Waals surface area contributed by atoms with Gasteiger partial charge in [0.15, 0.2) is 0 Å². The number of carbonyl (C=O) groups excluding carboxylic acids is 1. The van der Waals surface area contributed by atoms with Gasteiger partial charge in [-0.05, 0) is 0 Å². The van der Waals surface area contributed by atoms with Crippen molar-refractivity contribution < 1.29 is 29.3 Å². The van der Waals surface area contributed by atoms with Crippen molar-refractivity contribution in [2.75, 3.05) is 45.9 Å². The van der Waals surface area contributed by atoms with Crippen LogP contribution in [0.1, 0.15) is 6.42 Å². The molecule has 1 amide bonds. The number of carbonyl (C=O) groups is 3. The van der Waals surface area contributed by atoms with E-state index in [4.69, 9.17) is 14.9 Å². The Bertz CT molecular complexity index is 340. The summed E-state index contributed by atoms with van der Waals surface area (Å²) in [5.41, 5.74) is 0. The lowest BCUT2D eigenvalue weighted by atomic mass is 10.3. The van der Waals surface area contributed by atoms with E-state index in [0.717, 1.165) is 0 Å². The standard InChI is InChI=1S/C11H18N2O6/c14-9(13-3-5-19-6-4-13)7-12(8-11(17)18)2-1-10(15)16/h1-8H2,(H,15,16)(H,17,18). The zero-order valence-electron chi connectivity index (χ0n) is 10.6. The van der Waals surface area contributed by atoms with Crippen molar-refractivity contribution in [3.05, 3.63) is 0 Å². The topological polar surface area (TPSA) is 107 Å². The first-order chi connectivity index (χ1) is 8.99. The predicted molar refractivity (Wildman–Crippen MR) is 63.7 cm³/mol. The molecular weight excluding hydrogens is 256 g/mol. The van der Waals surface area contributed by atoms with Gasteiger partial charge in [0.25, 0.3) is 0 Å². The third-order valence-corrected chi connectivity index (χ3v) is 2.72. The lowest BCUT2D eigenvalue weighted by Crippen LogP contribution is -2.47. The van der Waals surface area contributed by atoms with E-state index in [1.807, 2.05) is 0 Å². The highest BCUT2D eigenvalue weighted by atomic mass is 16.5. The SMILES string of the molecule is O=C(O)CCN(CC(=O)O)CC(=O)N1CCOCC1. The molecule has 0 aromatic carbocycles. The van der Waals surface area contributed by atoms with Crippen LogP contribution in [0.4, 0.5) is 0 Å². The zero-order valence-corrected chi connectivity index (χ0v) is 10.6. The minimum atomic E-state index is -1.08. The van der Waals surface area contributed by atoms with Crippen molar-refractivity contribution >= 4 is 17.8 Å². The fourth-order valence-corrected chi connectivity index (χ4v) is 1.76. The van der Waals surface area contributed by atoms with Gasteiger partial charge >= 0.3 is 11.9 Å². The number of aliphatic carboxylic acids is 2. The number of hydrogen-bond acceptors (Lipinski definition) is 5. The van der Waals surface area contributed by atoms with E-state index in [2.05, 4.69) is 0 Å². The van der Waals surface area contributed by atoms with Crippen LogP contribution in [-0.2, 0) is 19.1 Å². The van der Waals surface area contributed by atoms with E-state index in [0.29, 0.717) is 26.3 Å². The van der Waals surface area contributed by atoms with Crippen molar-refractivity contribution in [1.82, 2.24) is 9.80 Å². The third-order valence-electron chi connectivity index (χ3n) is 2.72. The summed E-state index contributed by atoms with van der Waals surface area (Å²) in [6.45, 7) is 1.53. The average molecular weight is 274 g/mol. The number of morpholine rings is 1. The van der Waals surface area contributed by atoms with Crippen molar-refractivity contribution in [1.29, 1.82) is 0 Å². The second kappa shape index (κ2) is 7.70. The fourth-order valence-electron chi connectivity index (χ4n) is 1.76. The first-order valence-corrected chi connectivity index (χ1v) is 6.00. The Hall–Kier alpha value is -1.67. The molecule has 8 nitrogen and oxygen atoms in total. The van der Waals surface area contributed by atoms with Gasteiger partial charge in [0.2, 0.25) is 5.91 Å². The Morgan fingerprint density at radius 1 is 1.05 bits per heavy atom. The molecule has 108 valence electrons. The summed E-state index contributed by atoms with van der Waals surface area (Å²) in [4.78, 5) is 36.0. The number of nitrogens with zero attached hydrogens (tertiary/aromatic N) is 2. The first-order valence-electron chi connectivity index (χ1n) is 6.00. The summed E-state index contributed by atoms with van der Waals surface area (Å²) in [7, 11) is 0. The molecule has 1 aliphatic heterocycles. The zero-order chi connectivity index (χ0) is 14.3. The van der Waals surface area contributed by atoms with E-state index in [9.17, 15) is 14.4 Å². The largest absolute Gasteiger partial charge is 0.481 e. The van der Waals surface area contributed by atoms with Gasteiger partial charge in [-0.1, -0.05) is 0 Å². The Balaban J connectivity index is 2.46. The maximum atomic E-state index is 11.9. The minimum Gasteiger partial charge on any atom is -0.481 e. The molecule has 19 heavy (non-hydrogen) atoms. The van der Waals surface area contributed by atoms with Gasteiger partial charge in [0.1, 0.15) is 0 Å². The lowest BCUT2D eigenvalue weighted by molar-refractivity contribution is -0.143. The molecular formula is C11H18N2O6. The van der Waals surface area contributed by atoms with Gasteiger partial charge in [-0.25, -0.2) is 0 Å². The monoisotopic (exact) mass is 274 g/mol. The van der Waals surface area contributed by atoms with Gasteiger partial charge in [0, 0.05) is 19.6 Å². The summed E-state index contributed by atoms with van der Waals surface area (Å²) >= 11 is 0. The molecule has 0 atom stereocenters. The molecule has 1 aliphatic rings. The molecule has 0 radical (unpaired) electrons. The summed E-state index contributed by atoms with van der Waals surface area (Å²) in [5.74, 6) is -2.30. The van der Waals surface area contributed by atoms with Crippen LogP contribution in [0.5, 0.6) is 0 Å². The van der Waals surface area contributed by atoms with Crippen LogP contribution in [0.15, 0.2) is 0 Å². The van der Waals surface area contributed by atoms with Gasteiger partial charge in [0.05, 0.1) is 32.7 Å². The highest BCUT2D eigenvalue weighted by molar-refractivity contribution is 5.79. The summed E-state index contributed by atoms with van der Waals surface area (Å²) < 4.78 is 5.12. The molecule has 1 heterocycles. The Morgan fingerprint density at radius 3 is 2.21 bits per heavy atom. The second-order valence-electron chi connectivity index (χ2n) is 4.24. The molecule has 0 aliphatic carbocycles. The lowest BCUT2D eigenvalue weighted by Gasteiger charge is -2.29. The van der Waals surface area contributed by atoms with Gasteiger partial charge < -0.3 is 19.8 Å². The number of rotatable bonds is 7. The van der Waals surface area contributed by atoms with Crippen LogP contribution >= 0.6 is 0 Å². The maximum Gasteiger partial charge on any atom is 0.317 e. The van der Waals surface area contributed by atoms with Crippen LogP contribution in [0.25, 0.3) is 0 Å². The van der Waals surface area contributed by atoms with Crippen LogP contribution in [0, 0.1) is 0 Å². The average Bonchev–Trinajstić information content (AvgIpc) is 2.36. The van der Waals surface area contributed by atoms with E-state index in [1.54, 1.807) is 4.90 Å². The first kappa shape index (κ1) is 15.4. The Labute approximate surface area is 110 Å². The van der Waals surface area contributed by atoms with E-state index in [1.165, 1.54) is 4.90 Å². The minimum absolute atomic E-state index is 0.0394. The summed E-state index contributed by atoms with van der Waals surface area (Å²) in [6.07, 6.45) is -0.191. The fraction of sp³-hybridized carbons (Fsp3) is 0.727. The molecule has 1 rings (SSSR count). The molecule has 0 spiro atoms. The van der Waals surface area contributed by atoms with Crippen LogP contribution in [0.2, 0.25) is 0 Å². The molecule has 1 saturated heterocycles. The van der Waals surface area contributed by atoms with Crippen molar-refractivity contribution in [3.8, 4) is 0 Å².